The van der Waals surface area contributed by atoms with Crippen LogP contribution in [0.1, 0.15) is 27.2 Å². The molecule has 0 aliphatic rings. The van der Waals surface area contributed by atoms with Crippen molar-refractivity contribution < 1.29 is 14.9 Å². The van der Waals surface area contributed by atoms with Crippen LogP contribution in [-0.2, 0) is 4.74 Å². The Morgan fingerprint density at radius 2 is 1.67 bits per heavy atom. The van der Waals surface area contributed by atoms with Crippen LogP contribution in [-0.4, -0.2) is 36.6 Å². The van der Waals surface area contributed by atoms with Crippen molar-refractivity contribution in [2.45, 2.75) is 33.3 Å². The predicted molar refractivity (Wildman–Crippen MR) is 50.1 cm³/mol. The van der Waals surface area contributed by atoms with Gasteiger partial charge in [-0.25, -0.2) is 0 Å². The molecule has 76 valence electrons. The van der Waals surface area contributed by atoms with E-state index < -0.39 is 6.10 Å². The Kier molecular flexibility index (Phi) is 13.1. The number of ether oxygens (including phenoxy) is 1. The van der Waals surface area contributed by atoms with E-state index in [1.807, 2.05) is 0 Å². The summed E-state index contributed by atoms with van der Waals surface area (Å²) in [7, 11) is 1.74. The molecule has 0 aromatic heterocycles. The van der Waals surface area contributed by atoms with E-state index in [1.165, 1.54) is 13.3 Å². The summed E-state index contributed by atoms with van der Waals surface area (Å²) in [6.45, 7) is 6.68. The van der Waals surface area contributed by atoms with Crippen LogP contribution < -0.4 is 0 Å². The molecule has 12 heavy (non-hydrogen) atoms. The summed E-state index contributed by atoms with van der Waals surface area (Å²) in [5.41, 5.74) is 0. The second-order valence-corrected chi connectivity index (χ2v) is 3.21. The molecular weight excluding hydrogens is 156 g/mol. The molecule has 0 heterocycles. The fraction of sp³-hybridized carbons (Fsp3) is 1.00. The summed E-state index contributed by atoms with van der Waals surface area (Å²) in [5.74, 6) is 0.778. The van der Waals surface area contributed by atoms with Gasteiger partial charge in [0.15, 0.2) is 0 Å². The van der Waals surface area contributed by atoms with Gasteiger partial charge < -0.3 is 14.9 Å². The molecule has 0 aromatic rings. The van der Waals surface area contributed by atoms with Gasteiger partial charge in [-0.2, -0.15) is 0 Å². The van der Waals surface area contributed by atoms with Crippen molar-refractivity contribution in [3.8, 4) is 0 Å². The molecule has 3 nitrogen and oxygen atoms in total. The quantitative estimate of drug-likeness (QED) is 0.676. The lowest BCUT2D eigenvalue weighted by Gasteiger charge is -1.99. The van der Waals surface area contributed by atoms with Gasteiger partial charge in [0.25, 0.3) is 0 Å². The highest BCUT2D eigenvalue weighted by molar-refractivity contribution is 4.40. The second kappa shape index (κ2) is 10.9. The SMILES string of the molecule is CC(O)CO.COCCC(C)C. The zero-order chi connectivity index (χ0) is 9.98. The third-order valence-corrected chi connectivity index (χ3v) is 1.16. The van der Waals surface area contributed by atoms with Gasteiger partial charge in [-0.1, -0.05) is 13.8 Å². The van der Waals surface area contributed by atoms with Crippen LogP contribution in [0, 0.1) is 5.92 Å². The van der Waals surface area contributed by atoms with Crippen LogP contribution in [0.15, 0.2) is 0 Å². The number of hydrogen-bond donors (Lipinski definition) is 2. The topological polar surface area (TPSA) is 49.7 Å². The molecule has 0 spiro atoms. The van der Waals surface area contributed by atoms with E-state index in [-0.39, 0.29) is 6.61 Å². The van der Waals surface area contributed by atoms with Gasteiger partial charge in [0, 0.05) is 13.7 Å². The first-order valence-electron chi connectivity index (χ1n) is 4.32. The molecule has 0 saturated heterocycles. The Morgan fingerprint density at radius 3 is 1.75 bits per heavy atom. The molecule has 0 amide bonds. The second-order valence-electron chi connectivity index (χ2n) is 3.21. The Hall–Kier alpha value is -0.120. The van der Waals surface area contributed by atoms with Crippen molar-refractivity contribution in [3.63, 3.8) is 0 Å². The monoisotopic (exact) mass is 178 g/mol. The first-order valence-corrected chi connectivity index (χ1v) is 4.32. The van der Waals surface area contributed by atoms with E-state index in [0.717, 1.165) is 12.5 Å². The van der Waals surface area contributed by atoms with Crippen LogP contribution in [0.25, 0.3) is 0 Å². The molecule has 0 fully saturated rings. The third-order valence-electron chi connectivity index (χ3n) is 1.16. The average Bonchev–Trinajstić information content (AvgIpc) is 2.02. The minimum atomic E-state index is -0.560. The summed E-state index contributed by atoms with van der Waals surface area (Å²) in [6.07, 6.45) is 0.617. The average molecular weight is 178 g/mol. The highest BCUT2D eigenvalue weighted by atomic mass is 16.5. The molecule has 0 aliphatic heterocycles. The van der Waals surface area contributed by atoms with E-state index in [1.54, 1.807) is 7.11 Å². The largest absolute Gasteiger partial charge is 0.394 e. The molecular formula is C9H22O3. The lowest BCUT2D eigenvalue weighted by Crippen LogP contribution is -2.03. The maximum absolute atomic E-state index is 8.11. The van der Waals surface area contributed by atoms with E-state index in [2.05, 4.69) is 13.8 Å². The summed E-state index contributed by atoms with van der Waals surface area (Å²) in [5, 5.41) is 16.0. The number of rotatable bonds is 4. The Labute approximate surface area is 75.4 Å². The third kappa shape index (κ3) is 22.5. The normalized spacial score (nSPS) is 12.2. The maximum Gasteiger partial charge on any atom is 0.0742 e. The molecule has 0 saturated carbocycles. The number of aliphatic hydroxyl groups excluding tert-OH is 2. The molecule has 0 bridgehead atoms. The molecule has 0 rings (SSSR count). The van der Waals surface area contributed by atoms with Crippen molar-refractivity contribution in [1.82, 2.24) is 0 Å². The van der Waals surface area contributed by atoms with E-state index in [9.17, 15) is 0 Å². The Morgan fingerprint density at radius 1 is 1.25 bits per heavy atom. The Balaban J connectivity index is 0. The molecule has 1 atom stereocenters. The fourth-order valence-corrected chi connectivity index (χ4v) is 0.354. The molecule has 0 radical (unpaired) electrons. The van der Waals surface area contributed by atoms with Gasteiger partial charge in [-0.3, -0.25) is 0 Å². The number of hydrogen-bond acceptors (Lipinski definition) is 3. The maximum atomic E-state index is 8.11. The van der Waals surface area contributed by atoms with Crippen molar-refractivity contribution >= 4 is 0 Å². The first kappa shape index (κ1) is 14.4. The number of aliphatic hydroxyl groups is 2. The van der Waals surface area contributed by atoms with Crippen LogP contribution in [0.5, 0.6) is 0 Å². The van der Waals surface area contributed by atoms with E-state index in [4.69, 9.17) is 14.9 Å². The fourth-order valence-electron chi connectivity index (χ4n) is 0.354. The minimum absolute atomic E-state index is 0.139. The van der Waals surface area contributed by atoms with Gasteiger partial charge >= 0.3 is 0 Å². The zero-order valence-corrected chi connectivity index (χ0v) is 8.58. The smallest absolute Gasteiger partial charge is 0.0742 e. The van der Waals surface area contributed by atoms with Crippen molar-refractivity contribution in [3.05, 3.63) is 0 Å². The highest BCUT2D eigenvalue weighted by Crippen LogP contribution is 1.96. The van der Waals surface area contributed by atoms with Crippen LogP contribution in [0.4, 0.5) is 0 Å². The summed E-state index contributed by atoms with van der Waals surface area (Å²) in [4.78, 5) is 0. The predicted octanol–water partition coefficient (Wildman–Crippen LogP) is 1.04. The lowest BCUT2D eigenvalue weighted by molar-refractivity contribution is 0.110. The molecule has 0 aliphatic carbocycles. The van der Waals surface area contributed by atoms with Gasteiger partial charge in [0.1, 0.15) is 0 Å². The Bertz CT molecular complexity index is 72.2. The molecule has 1 unspecified atom stereocenters. The van der Waals surface area contributed by atoms with Crippen molar-refractivity contribution in [2.75, 3.05) is 20.3 Å². The van der Waals surface area contributed by atoms with E-state index in [0.29, 0.717) is 0 Å². The van der Waals surface area contributed by atoms with E-state index >= 15 is 0 Å². The van der Waals surface area contributed by atoms with Crippen molar-refractivity contribution in [2.24, 2.45) is 5.92 Å². The van der Waals surface area contributed by atoms with Crippen LogP contribution in [0.2, 0.25) is 0 Å². The molecule has 2 N–H and O–H groups in total. The molecule has 3 heteroatoms. The first-order chi connectivity index (χ1) is 5.54. The standard InChI is InChI=1S/C6H14O.C3H8O2/c1-6(2)4-5-7-3;1-3(5)2-4/h6H,4-5H2,1-3H3;3-5H,2H2,1H3. The van der Waals surface area contributed by atoms with Crippen LogP contribution >= 0.6 is 0 Å². The van der Waals surface area contributed by atoms with Gasteiger partial charge in [-0.15, -0.1) is 0 Å². The summed E-state index contributed by atoms with van der Waals surface area (Å²) >= 11 is 0. The minimum Gasteiger partial charge on any atom is -0.394 e. The van der Waals surface area contributed by atoms with Gasteiger partial charge in [0.2, 0.25) is 0 Å². The summed E-state index contributed by atoms with van der Waals surface area (Å²) < 4.78 is 4.85. The summed E-state index contributed by atoms with van der Waals surface area (Å²) in [6, 6.07) is 0. The molecule has 0 aromatic carbocycles. The lowest BCUT2D eigenvalue weighted by atomic mass is 10.1. The van der Waals surface area contributed by atoms with Gasteiger partial charge in [0.05, 0.1) is 12.7 Å². The van der Waals surface area contributed by atoms with Crippen LogP contribution in [0.3, 0.4) is 0 Å². The van der Waals surface area contributed by atoms with Gasteiger partial charge in [-0.05, 0) is 19.3 Å². The highest BCUT2D eigenvalue weighted by Gasteiger charge is 1.89. The number of methoxy groups -OCH3 is 1. The van der Waals surface area contributed by atoms with Crippen molar-refractivity contribution in [1.29, 1.82) is 0 Å². The zero-order valence-electron chi connectivity index (χ0n) is 8.58.